The van der Waals surface area contributed by atoms with E-state index in [0.717, 1.165) is 47.8 Å². The van der Waals surface area contributed by atoms with Crippen LogP contribution in [0.3, 0.4) is 0 Å². The number of ether oxygens (including phenoxy) is 2. The highest BCUT2D eigenvalue weighted by Gasteiger charge is 2.09. The van der Waals surface area contributed by atoms with Gasteiger partial charge in [0.1, 0.15) is 18.8 Å². The van der Waals surface area contributed by atoms with E-state index in [4.69, 9.17) is 27.8 Å². The van der Waals surface area contributed by atoms with Crippen LogP contribution in [0.15, 0.2) is 36.4 Å². The number of methoxy groups -OCH3 is 2. The zero-order chi connectivity index (χ0) is 23.3. The van der Waals surface area contributed by atoms with Crippen LogP contribution >= 0.6 is 8.60 Å². The van der Waals surface area contributed by atoms with Crippen LogP contribution in [-0.2, 0) is 34.3 Å². The number of benzene rings is 2. The van der Waals surface area contributed by atoms with Gasteiger partial charge in [-0.25, -0.2) is 0 Å². The molecule has 0 aliphatic carbocycles. The number of unbranched alkanes of at least 4 members (excludes halogenated alkanes) is 1. The summed E-state index contributed by atoms with van der Waals surface area (Å²) in [6.07, 6.45) is 3.39. The first-order valence-electron chi connectivity index (χ1n) is 10.1. The highest BCUT2D eigenvalue weighted by molar-refractivity contribution is 7.41. The van der Waals surface area contributed by atoms with Crippen LogP contribution in [0.2, 0.25) is 0 Å². The molecule has 7 nitrogen and oxygen atoms in total. The summed E-state index contributed by atoms with van der Waals surface area (Å²) in [5.74, 6) is 0.852. The Labute approximate surface area is 187 Å². The molecule has 2 aromatic rings. The van der Waals surface area contributed by atoms with Crippen molar-refractivity contribution < 1.29 is 32.6 Å². The number of rotatable bonds is 13. The average Bonchev–Trinajstić information content (AvgIpc) is 2.81. The van der Waals surface area contributed by atoms with Crippen molar-refractivity contribution in [2.75, 3.05) is 40.6 Å². The molecule has 0 aliphatic rings. The molecule has 174 valence electrons. The van der Waals surface area contributed by atoms with Crippen LogP contribution in [0.5, 0.6) is 5.75 Å². The van der Waals surface area contributed by atoms with Gasteiger partial charge in [-0.2, -0.15) is 0 Å². The number of carbonyl (C=O) groups excluding carboxylic acids is 2. The molecule has 0 amide bonds. The minimum atomic E-state index is -1.12. The van der Waals surface area contributed by atoms with E-state index in [2.05, 4.69) is 0 Å². The van der Waals surface area contributed by atoms with Crippen molar-refractivity contribution in [3.8, 4) is 5.75 Å². The maximum absolute atomic E-state index is 10.4. The van der Waals surface area contributed by atoms with Gasteiger partial charge in [-0.3, -0.25) is 0 Å². The molecular formula is C23H35O7P. The summed E-state index contributed by atoms with van der Waals surface area (Å²) < 4.78 is 26.1. The van der Waals surface area contributed by atoms with Crippen molar-refractivity contribution in [1.29, 1.82) is 0 Å². The van der Waals surface area contributed by atoms with Gasteiger partial charge in [0.15, 0.2) is 0 Å². The zero-order valence-electron chi connectivity index (χ0n) is 19.0. The lowest BCUT2D eigenvalue weighted by atomic mass is 10.1. The molecule has 0 unspecified atom stereocenters. The molecule has 0 spiro atoms. The van der Waals surface area contributed by atoms with Gasteiger partial charge < -0.3 is 32.6 Å². The van der Waals surface area contributed by atoms with Crippen molar-refractivity contribution in [2.45, 2.75) is 33.1 Å². The minimum Gasteiger partial charge on any atom is -0.497 e. The van der Waals surface area contributed by atoms with Gasteiger partial charge >= 0.3 is 8.60 Å². The molecule has 0 saturated heterocycles. The number of carbonyl (C=O) groups is 2. The minimum absolute atomic E-state index is 0.474. The standard InChI is InChI=1S/C13H12O2.C9H21O4P.CH2O/c1-15-13-5-4-11-8-10(6-7-14)2-3-12(11)9-13;1-4-11-14(12-5-2)13-9-7-6-8-10-3;1-2/h2-5,7-9H,6H2,1H3;4-9H2,1-3H3;1H2. The van der Waals surface area contributed by atoms with Crippen molar-refractivity contribution in [3.05, 3.63) is 42.0 Å². The molecule has 2 rings (SSSR count). The molecule has 8 heteroatoms. The lowest BCUT2D eigenvalue weighted by Gasteiger charge is -2.14. The second-order valence-electron chi connectivity index (χ2n) is 6.01. The third-order valence-electron chi connectivity index (χ3n) is 3.84. The molecule has 0 aliphatic heterocycles. The first kappa shape index (κ1) is 29.1. The summed E-state index contributed by atoms with van der Waals surface area (Å²) in [6, 6.07) is 11.9. The van der Waals surface area contributed by atoms with Gasteiger partial charge in [0.25, 0.3) is 0 Å². The first-order chi connectivity index (χ1) is 15.2. The Kier molecular flexibility index (Phi) is 18.8. The third-order valence-corrected chi connectivity index (χ3v) is 5.17. The molecular weight excluding hydrogens is 419 g/mol. The van der Waals surface area contributed by atoms with Crippen LogP contribution in [0, 0.1) is 0 Å². The van der Waals surface area contributed by atoms with Gasteiger partial charge in [-0.15, -0.1) is 0 Å². The van der Waals surface area contributed by atoms with Crippen LogP contribution in [0.25, 0.3) is 10.8 Å². The number of fused-ring (bicyclic) bond motifs is 1. The second-order valence-corrected chi connectivity index (χ2v) is 7.23. The summed E-state index contributed by atoms with van der Waals surface area (Å²) in [5.41, 5.74) is 1.04. The second kappa shape index (κ2) is 20.0. The van der Waals surface area contributed by atoms with Gasteiger partial charge in [0, 0.05) is 20.1 Å². The lowest BCUT2D eigenvalue weighted by Crippen LogP contribution is -1.98. The van der Waals surface area contributed by atoms with E-state index in [0.29, 0.717) is 26.2 Å². The normalized spacial score (nSPS) is 10.1. The lowest BCUT2D eigenvalue weighted by molar-refractivity contribution is -0.107. The average molecular weight is 455 g/mol. The Morgan fingerprint density at radius 3 is 2.06 bits per heavy atom. The monoisotopic (exact) mass is 454 g/mol. The van der Waals surface area contributed by atoms with E-state index in [1.807, 2.05) is 57.0 Å². The number of aldehydes is 1. The molecule has 0 aromatic heterocycles. The molecule has 0 radical (unpaired) electrons. The van der Waals surface area contributed by atoms with E-state index in [9.17, 15) is 4.79 Å². The quantitative estimate of drug-likeness (QED) is 0.236. The maximum Gasteiger partial charge on any atom is 0.332 e. The van der Waals surface area contributed by atoms with E-state index >= 15 is 0 Å². The van der Waals surface area contributed by atoms with Crippen molar-refractivity contribution in [1.82, 2.24) is 0 Å². The zero-order valence-corrected chi connectivity index (χ0v) is 19.9. The maximum atomic E-state index is 10.4. The predicted octanol–water partition coefficient (Wildman–Crippen LogP) is 5.13. The van der Waals surface area contributed by atoms with Gasteiger partial charge in [-0.05, 0) is 55.2 Å². The molecule has 2 aromatic carbocycles. The predicted molar refractivity (Wildman–Crippen MR) is 125 cm³/mol. The van der Waals surface area contributed by atoms with E-state index in [1.54, 1.807) is 14.2 Å². The van der Waals surface area contributed by atoms with Gasteiger partial charge in [-0.1, -0.05) is 24.3 Å². The Morgan fingerprint density at radius 1 is 0.871 bits per heavy atom. The van der Waals surface area contributed by atoms with Crippen LogP contribution in [0.4, 0.5) is 0 Å². The third kappa shape index (κ3) is 13.2. The molecule has 0 bridgehead atoms. The van der Waals surface area contributed by atoms with Crippen LogP contribution in [-0.4, -0.2) is 53.7 Å². The fraction of sp³-hybridized carbons (Fsp3) is 0.478. The van der Waals surface area contributed by atoms with E-state index in [1.165, 1.54) is 0 Å². The molecule has 0 atom stereocenters. The Morgan fingerprint density at radius 2 is 1.48 bits per heavy atom. The van der Waals surface area contributed by atoms with E-state index < -0.39 is 8.60 Å². The van der Waals surface area contributed by atoms with Crippen molar-refractivity contribution in [3.63, 3.8) is 0 Å². The fourth-order valence-corrected chi connectivity index (χ4v) is 3.36. The molecule has 0 saturated carbocycles. The van der Waals surface area contributed by atoms with Crippen molar-refractivity contribution in [2.24, 2.45) is 0 Å². The van der Waals surface area contributed by atoms with Crippen molar-refractivity contribution >= 4 is 32.5 Å². The summed E-state index contributed by atoms with van der Waals surface area (Å²) in [6.45, 7) is 8.58. The smallest absolute Gasteiger partial charge is 0.332 e. The Hall–Kier alpha value is -1.89. The van der Waals surface area contributed by atoms with Crippen LogP contribution < -0.4 is 4.74 Å². The van der Waals surface area contributed by atoms with Gasteiger partial charge in [0.2, 0.25) is 0 Å². The Balaban J connectivity index is 0.000000540. The molecule has 0 heterocycles. The van der Waals surface area contributed by atoms with Gasteiger partial charge in [0.05, 0.1) is 26.9 Å². The Bertz CT molecular complexity index is 705. The highest BCUT2D eigenvalue weighted by Crippen LogP contribution is 2.39. The van der Waals surface area contributed by atoms with Crippen LogP contribution in [0.1, 0.15) is 32.3 Å². The highest BCUT2D eigenvalue weighted by atomic mass is 31.2. The SMILES string of the molecule is C=O.CCOP(OCC)OCCCCOC.COc1ccc2cc(CC=O)ccc2c1. The largest absolute Gasteiger partial charge is 0.497 e. The first-order valence-corrected chi connectivity index (χ1v) is 11.2. The summed E-state index contributed by atoms with van der Waals surface area (Å²) in [7, 11) is 2.23. The number of hydrogen-bond acceptors (Lipinski definition) is 7. The van der Waals surface area contributed by atoms with E-state index in [-0.39, 0.29) is 0 Å². The summed E-state index contributed by atoms with van der Waals surface area (Å²) in [4.78, 5) is 18.4. The summed E-state index contributed by atoms with van der Waals surface area (Å²) >= 11 is 0. The molecule has 0 N–H and O–H groups in total. The molecule has 31 heavy (non-hydrogen) atoms. The molecule has 0 fully saturated rings. The fourth-order valence-electron chi connectivity index (χ4n) is 2.43. The number of hydrogen-bond donors (Lipinski definition) is 0. The summed E-state index contributed by atoms with van der Waals surface area (Å²) in [5, 5.41) is 2.26. The topological polar surface area (TPSA) is 80.3 Å².